The first-order valence-corrected chi connectivity index (χ1v) is 17.6. The first kappa shape index (κ1) is 31.0. The number of benzene rings is 6. The van der Waals surface area contributed by atoms with E-state index >= 15 is 0 Å². The van der Waals surface area contributed by atoms with E-state index in [-0.39, 0.29) is 23.8 Å². The number of nitrogens with two attached hydrogens (primary N) is 1. The molecule has 0 fully saturated rings. The first-order valence-electron chi connectivity index (χ1n) is 17.6. The molecular weight excluding hydrogens is 623 g/mol. The summed E-state index contributed by atoms with van der Waals surface area (Å²) in [5, 5.41) is 9.88. The van der Waals surface area contributed by atoms with Crippen molar-refractivity contribution < 1.29 is 0 Å². The number of para-hydroxylation sites is 1. The van der Waals surface area contributed by atoms with E-state index in [1.165, 1.54) is 33.1 Å². The summed E-state index contributed by atoms with van der Waals surface area (Å²) in [5.41, 5.74) is 18.0. The van der Waals surface area contributed by atoms with Gasteiger partial charge in [-0.25, -0.2) is 0 Å². The lowest BCUT2D eigenvalue weighted by molar-refractivity contribution is 0.467. The minimum Gasteiger partial charge on any atom is -0.377 e. The lowest BCUT2D eigenvalue weighted by atomic mass is 9.76. The molecule has 248 valence electrons. The Morgan fingerprint density at radius 1 is 0.725 bits per heavy atom. The average Bonchev–Trinajstić information content (AvgIpc) is 3.67. The number of hydrogen-bond donors (Lipinski definition) is 3. The van der Waals surface area contributed by atoms with Gasteiger partial charge in [-0.15, -0.1) is 0 Å². The van der Waals surface area contributed by atoms with Crippen LogP contribution in [0, 0.1) is 0 Å². The van der Waals surface area contributed by atoms with Crippen LogP contribution < -0.4 is 16.4 Å². The van der Waals surface area contributed by atoms with Gasteiger partial charge in [-0.3, -0.25) is 10.3 Å². The smallest absolute Gasteiger partial charge is 0.127 e. The molecule has 1 aliphatic heterocycles. The van der Waals surface area contributed by atoms with E-state index in [1.807, 2.05) is 54.7 Å². The fourth-order valence-corrected chi connectivity index (χ4v) is 7.75. The number of nitrogens with one attached hydrogen (secondary N) is 2. The van der Waals surface area contributed by atoms with Gasteiger partial charge in [0.15, 0.2) is 0 Å². The summed E-state index contributed by atoms with van der Waals surface area (Å²) in [7, 11) is 0. The van der Waals surface area contributed by atoms with Gasteiger partial charge >= 0.3 is 0 Å². The summed E-state index contributed by atoms with van der Waals surface area (Å²) in [6.45, 7) is 2.34. The number of rotatable bonds is 8. The Hall–Kier alpha value is -6.01. The molecule has 0 radical (unpaired) electrons. The summed E-state index contributed by atoms with van der Waals surface area (Å²) in [4.78, 5) is 4.96. The van der Waals surface area contributed by atoms with Crippen LogP contribution in [0.25, 0.3) is 38.6 Å². The molecular formula is C46H39N5. The van der Waals surface area contributed by atoms with Crippen LogP contribution in [0.2, 0.25) is 0 Å². The quantitative estimate of drug-likeness (QED) is 0.112. The first-order chi connectivity index (χ1) is 25.0. The van der Waals surface area contributed by atoms with Gasteiger partial charge in [-0.1, -0.05) is 140 Å². The zero-order chi connectivity index (χ0) is 34.4. The maximum Gasteiger partial charge on any atom is 0.127 e. The lowest BCUT2D eigenvalue weighted by Crippen LogP contribution is -2.33. The number of allylic oxidation sites excluding steroid dienone is 2. The molecule has 5 nitrogen and oxygen atoms in total. The second kappa shape index (κ2) is 12.7. The number of anilines is 1. The van der Waals surface area contributed by atoms with Crippen LogP contribution in [0.15, 0.2) is 175 Å². The molecule has 9 rings (SSSR count). The minimum absolute atomic E-state index is 0.0679. The van der Waals surface area contributed by atoms with Gasteiger partial charge in [0, 0.05) is 33.8 Å². The fraction of sp³-hybridized carbons (Fsp3) is 0.109. The largest absolute Gasteiger partial charge is 0.377 e. The van der Waals surface area contributed by atoms with Gasteiger partial charge in [-0.2, -0.15) is 0 Å². The van der Waals surface area contributed by atoms with Crippen LogP contribution in [-0.4, -0.2) is 16.8 Å². The SMILES string of the molecule is CC12C=CC=CC1Nc1cc3c(cc12)c1ccccc1n3-c1cccc(-c2ccc(C(/N=C/c3ccccc3)NC(N)c3ccccc3)cc2)c1. The van der Waals surface area contributed by atoms with Crippen molar-refractivity contribution in [2.24, 2.45) is 10.7 Å². The van der Waals surface area contributed by atoms with Gasteiger partial charge < -0.3 is 15.6 Å². The van der Waals surface area contributed by atoms with Crippen molar-refractivity contribution in [2.45, 2.75) is 30.7 Å². The number of aromatic nitrogens is 1. The van der Waals surface area contributed by atoms with E-state index in [0.29, 0.717) is 0 Å². The summed E-state index contributed by atoms with van der Waals surface area (Å²) in [6.07, 6.45) is 10.1. The van der Waals surface area contributed by atoms with E-state index in [2.05, 4.69) is 143 Å². The summed E-state index contributed by atoms with van der Waals surface area (Å²) >= 11 is 0. The molecule has 7 aromatic rings. The Labute approximate surface area is 298 Å². The molecule has 0 bridgehead atoms. The maximum absolute atomic E-state index is 6.63. The van der Waals surface area contributed by atoms with Crippen LogP contribution in [0.4, 0.5) is 5.69 Å². The van der Waals surface area contributed by atoms with Crippen LogP contribution in [0.1, 0.15) is 41.5 Å². The summed E-state index contributed by atoms with van der Waals surface area (Å²) < 4.78 is 2.41. The third-order valence-electron chi connectivity index (χ3n) is 10.5. The normalized spacial score (nSPS) is 18.9. The summed E-state index contributed by atoms with van der Waals surface area (Å²) in [5.74, 6) is 0. The predicted octanol–water partition coefficient (Wildman–Crippen LogP) is 9.99. The van der Waals surface area contributed by atoms with Gasteiger partial charge in [-0.05, 0) is 70.6 Å². The average molecular weight is 662 g/mol. The van der Waals surface area contributed by atoms with Gasteiger partial charge in [0.2, 0.25) is 0 Å². The topological polar surface area (TPSA) is 67.4 Å². The van der Waals surface area contributed by atoms with Crippen LogP contribution in [0.3, 0.4) is 0 Å². The van der Waals surface area contributed by atoms with Crippen LogP contribution in [0.5, 0.6) is 0 Å². The number of fused-ring (bicyclic) bond motifs is 6. The van der Waals surface area contributed by atoms with Gasteiger partial charge in [0.05, 0.1) is 23.2 Å². The van der Waals surface area contributed by atoms with Crippen molar-refractivity contribution >= 4 is 33.7 Å². The highest BCUT2D eigenvalue weighted by Crippen LogP contribution is 2.47. The van der Waals surface area contributed by atoms with Crippen molar-refractivity contribution in [3.63, 3.8) is 0 Å². The van der Waals surface area contributed by atoms with E-state index in [0.717, 1.165) is 33.5 Å². The second-order valence-corrected chi connectivity index (χ2v) is 13.7. The van der Waals surface area contributed by atoms with Crippen molar-refractivity contribution in [2.75, 3.05) is 5.32 Å². The Kier molecular flexibility index (Phi) is 7.72. The van der Waals surface area contributed by atoms with Crippen molar-refractivity contribution in [3.05, 3.63) is 192 Å². The van der Waals surface area contributed by atoms with Crippen LogP contribution in [-0.2, 0) is 5.41 Å². The van der Waals surface area contributed by atoms with E-state index in [9.17, 15) is 0 Å². The molecule has 0 amide bonds. The third-order valence-corrected chi connectivity index (χ3v) is 10.5. The molecule has 6 aromatic carbocycles. The molecule has 2 heterocycles. The predicted molar refractivity (Wildman–Crippen MR) is 213 cm³/mol. The monoisotopic (exact) mass is 661 g/mol. The number of aliphatic imine (C=N–C) groups is 1. The van der Waals surface area contributed by atoms with E-state index in [4.69, 9.17) is 10.7 Å². The maximum atomic E-state index is 6.63. The Bertz CT molecular complexity index is 2460. The van der Waals surface area contributed by atoms with E-state index in [1.54, 1.807) is 0 Å². The highest BCUT2D eigenvalue weighted by Gasteiger charge is 2.41. The lowest BCUT2D eigenvalue weighted by Gasteiger charge is -2.28. The Balaban J connectivity index is 1.07. The Morgan fingerprint density at radius 2 is 1.49 bits per heavy atom. The second-order valence-electron chi connectivity index (χ2n) is 13.7. The fourth-order valence-electron chi connectivity index (χ4n) is 7.75. The third kappa shape index (κ3) is 5.57. The summed E-state index contributed by atoms with van der Waals surface area (Å²) in [6, 6.07) is 51.5. The van der Waals surface area contributed by atoms with E-state index < -0.39 is 0 Å². The zero-order valence-electron chi connectivity index (χ0n) is 28.4. The van der Waals surface area contributed by atoms with Crippen molar-refractivity contribution in [3.8, 4) is 16.8 Å². The standard InChI is InChI=1S/C46H39N5/c1-46-26-11-10-21-43(46)49-40-29-42-38(28-39(40)46)37-19-8-9-20-41(37)51(42)36-18-12-17-35(27-36)32-22-24-34(25-23-32)45(48-30-31-13-4-2-5-14-31)50-44(47)33-15-6-3-7-16-33/h2-30,43-45,49-50H,47H2,1H3/b48-30+. The molecule has 4 unspecified atom stereocenters. The molecule has 4 atom stereocenters. The molecule has 0 saturated carbocycles. The molecule has 2 aliphatic rings. The molecule has 1 aromatic heterocycles. The van der Waals surface area contributed by atoms with Crippen molar-refractivity contribution in [1.82, 2.24) is 9.88 Å². The van der Waals surface area contributed by atoms with Crippen LogP contribution >= 0.6 is 0 Å². The number of nitrogens with zero attached hydrogens (tertiary/aromatic N) is 2. The molecule has 0 saturated heterocycles. The zero-order valence-corrected chi connectivity index (χ0v) is 28.4. The number of hydrogen-bond acceptors (Lipinski definition) is 4. The van der Waals surface area contributed by atoms with Crippen molar-refractivity contribution in [1.29, 1.82) is 0 Å². The van der Waals surface area contributed by atoms with Gasteiger partial charge in [0.1, 0.15) is 6.17 Å². The molecule has 0 spiro atoms. The highest BCUT2D eigenvalue weighted by atomic mass is 15.1. The molecule has 5 heteroatoms. The highest BCUT2D eigenvalue weighted by molar-refractivity contribution is 6.11. The molecule has 1 aliphatic carbocycles. The van der Waals surface area contributed by atoms with Gasteiger partial charge in [0.25, 0.3) is 0 Å². The molecule has 51 heavy (non-hydrogen) atoms. The molecule has 4 N–H and O–H groups in total. The Morgan fingerprint density at radius 3 is 2.31 bits per heavy atom. The minimum atomic E-state index is -0.372.